The number of aromatic nitrogens is 4. The molecule has 3 aromatic heterocycles. The SMILES string of the molecule is CCOc1cnc2c(-c3nc4cc(F)c(OC(C)C(C)O)nc4s3)cc(C)cc2n1. The molecule has 3 heterocycles. The largest absolute Gasteiger partial charge is 0.477 e. The van der Waals surface area contributed by atoms with E-state index in [1.807, 2.05) is 26.0 Å². The van der Waals surface area contributed by atoms with E-state index in [1.54, 1.807) is 20.0 Å². The molecule has 156 valence electrons. The Bertz CT molecular complexity index is 1230. The van der Waals surface area contributed by atoms with Gasteiger partial charge in [0.25, 0.3) is 5.88 Å². The first-order valence-electron chi connectivity index (χ1n) is 9.58. The normalized spacial score (nSPS) is 13.5. The topological polar surface area (TPSA) is 90.3 Å². The zero-order valence-electron chi connectivity index (χ0n) is 17.0. The lowest BCUT2D eigenvalue weighted by Crippen LogP contribution is -2.26. The fourth-order valence-electron chi connectivity index (χ4n) is 2.93. The van der Waals surface area contributed by atoms with Crippen molar-refractivity contribution < 1.29 is 19.0 Å². The van der Waals surface area contributed by atoms with E-state index in [2.05, 4.69) is 19.9 Å². The molecule has 2 atom stereocenters. The van der Waals surface area contributed by atoms with Crippen molar-refractivity contribution in [2.45, 2.75) is 39.9 Å². The number of fused-ring (bicyclic) bond motifs is 2. The first kappa shape index (κ1) is 20.4. The third-order valence-electron chi connectivity index (χ3n) is 4.57. The van der Waals surface area contributed by atoms with Crippen LogP contribution in [0.3, 0.4) is 0 Å². The van der Waals surface area contributed by atoms with Crippen molar-refractivity contribution in [1.29, 1.82) is 0 Å². The molecule has 2 unspecified atom stereocenters. The van der Waals surface area contributed by atoms with Gasteiger partial charge in [-0.2, -0.15) is 4.98 Å². The molecule has 4 aromatic rings. The number of hydrogen-bond acceptors (Lipinski definition) is 8. The van der Waals surface area contributed by atoms with E-state index in [-0.39, 0.29) is 5.88 Å². The predicted octanol–water partition coefficient (Wildman–Crippen LogP) is 4.30. The Morgan fingerprint density at radius 2 is 1.93 bits per heavy atom. The number of ether oxygens (including phenoxy) is 2. The van der Waals surface area contributed by atoms with Crippen LogP contribution in [0.5, 0.6) is 11.8 Å². The van der Waals surface area contributed by atoms with E-state index in [0.717, 1.165) is 11.1 Å². The van der Waals surface area contributed by atoms with Gasteiger partial charge in [-0.15, -0.1) is 0 Å². The smallest absolute Gasteiger partial charge is 0.252 e. The molecule has 0 radical (unpaired) electrons. The Balaban J connectivity index is 1.80. The van der Waals surface area contributed by atoms with Gasteiger partial charge in [0.15, 0.2) is 5.82 Å². The Morgan fingerprint density at radius 1 is 1.13 bits per heavy atom. The Labute approximate surface area is 176 Å². The number of hydrogen-bond donors (Lipinski definition) is 1. The van der Waals surface area contributed by atoms with Crippen LogP contribution in [-0.2, 0) is 0 Å². The highest BCUT2D eigenvalue weighted by molar-refractivity contribution is 7.21. The number of aliphatic hydroxyl groups is 1. The molecular weight excluding hydrogens is 407 g/mol. The molecule has 0 fully saturated rings. The van der Waals surface area contributed by atoms with Crippen molar-refractivity contribution >= 4 is 32.7 Å². The standard InChI is InChI=1S/C21H21FN4O3S/c1-5-28-17-9-23-18-13(6-10(2)7-15(18)24-17)20-25-16-8-14(22)19(26-21(16)30-20)29-12(4)11(3)27/h6-9,11-12,27H,5H2,1-4H3. The number of aliphatic hydroxyl groups excluding tert-OH is 1. The zero-order valence-corrected chi connectivity index (χ0v) is 17.8. The number of pyridine rings is 1. The van der Waals surface area contributed by atoms with Gasteiger partial charge in [-0.1, -0.05) is 11.3 Å². The number of nitrogens with zero attached hydrogens (tertiary/aromatic N) is 4. The lowest BCUT2D eigenvalue weighted by molar-refractivity contribution is 0.0549. The quantitative estimate of drug-likeness (QED) is 0.490. The summed E-state index contributed by atoms with van der Waals surface area (Å²) in [6, 6.07) is 5.20. The molecular formula is C21H21FN4O3S. The van der Waals surface area contributed by atoms with Crippen molar-refractivity contribution in [2.75, 3.05) is 6.61 Å². The molecule has 4 rings (SSSR count). The van der Waals surface area contributed by atoms with Gasteiger partial charge in [0.1, 0.15) is 21.5 Å². The number of aryl methyl sites for hydroxylation is 1. The molecule has 30 heavy (non-hydrogen) atoms. The van der Waals surface area contributed by atoms with Gasteiger partial charge in [0.2, 0.25) is 5.88 Å². The molecule has 0 saturated carbocycles. The number of rotatable bonds is 6. The summed E-state index contributed by atoms with van der Waals surface area (Å²) in [5, 5.41) is 10.3. The van der Waals surface area contributed by atoms with E-state index in [0.29, 0.717) is 38.9 Å². The Morgan fingerprint density at radius 3 is 2.67 bits per heavy atom. The minimum absolute atomic E-state index is 0.152. The maximum atomic E-state index is 14.4. The average molecular weight is 428 g/mol. The number of thiazole rings is 1. The summed E-state index contributed by atoms with van der Waals surface area (Å²) in [6.07, 6.45) is 0.240. The van der Waals surface area contributed by atoms with Crippen LogP contribution in [0.2, 0.25) is 0 Å². The first-order chi connectivity index (χ1) is 14.4. The van der Waals surface area contributed by atoms with E-state index in [1.165, 1.54) is 17.4 Å². The van der Waals surface area contributed by atoms with E-state index in [9.17, 15) is 9.50 Å². The highest BCUT2D eigenvalue weighted by Crippen LogP contribution is 2.35. The van der Waals surface area contributed by atoms with Crippen LogP contribution in [0.25, 0.3) is 32.0 Å². The summed E-state index contributed by atoms with van der Waals surface area (Å²) in [4.78, 5) is 18.4. The fraction of sp³-hybridized carbons (Fsp3) is 0.333. The molecule has 1 aromatic carbocycles. The molecule has 0 spiro atoms. The molecule has 0 saturated heterocycles. The zero-order chi connectivity index (χ0) is 21.4. The summed E-state index contributed by atoms with van der Waals surface area (Å²) < 4.78 is 25.4. The third-order valence-corrected chi connectivity index (χ3v) is 5.57. The second kappa shape index (κ2) is 8.08. The Kier molecular flexibility index (Phi) is 5.48. The van der Waals surface area contributed by atoms with Crippen LogP contribution in [0.4, 0.5) is 4.39 Å². The van der Waals surface area contributed by atoms with Crippen molar-refractivity contribution in [1.82, 2.24) is 19.9 Å². The highest BCUT2D eigenvalue weighted by atomic mass is 32.1. The van der Waals surface area contributed by atoms with Gasteiger partial charge in [-0.3, -0.25) is 0 Å². The van der Waals surface area contributed by atoms with Crippen molar-refractivity contribution in [2.24, 2.45) is 0 Å². The summed E-state index contributed by atoms with van der Waals surface area (Å²) in [5.74, 6) is -0.313. The van der Waals surface area contributed by atoms with Crippen LogP contribution in [-0.4, -0.2) is 43.9 Å². The minimum atomic E-state index is -0.752. The van der Waals surface area contributed by atoms with E-state index < -0.39 is 18.0 Å². The second-order valence-electron chi connectivity index (χ2n) is 7.00. The average Bonchev–Trinajstić information content (AvgIpc) is 3.10. The van der Waals surface area contributed by atoms with Gasteiger partial charge in [0.05, 0.1) is 29.9 Å². The molecule has 0 bridgehead atoms. The monoisotopic (exact) mass is 428 g/mol. The minimum Gasteiger partial charge on any atom is -0.477 e. The first-order valence-corrected chi connectivity index (χ1v) is 10.4. The van der Waals surface area contributed by atoms with Crippen LogP contribution >= 0.6 is 11.3 Å². The van der Waals surface area contributed by atoms with Crippen molar-refractivity contribution in [3.63, 3.8) is 0 Å². The van der Waals surface area contributed by atoms with Crippen LogP contribution < -0.4 is 9.47 Å². The van der Waals surface area contributed by atoms with Gasteiger partial charge in [0, 0.05) is 11.6 Å². The molecule has 0 aliphatic rings. The Hall–Kier alpha value is -2.91. The molecule has 0 aliphatic carbocycles. The summed E-state index contributed by atoms with van der Waals surface area (Å²) in [6.45, 7) is 7.59. The number of benzene rings is 1. The van der Waals surface area contributed by atoms with Gasteiger partial charge >= 0.3 is 0 Å². The van der Waals surface area contributed by atoms with E-state index in [4.69, 9.17) is 9.47 Å². The van der Waals surface area contributed by atoms with Crippen molar-refractivity contribution in [3.8, 4) is 22.3 Å². The van der Waals surface area contributed by atoms with Crippen LogP contribution in [0.15, 0.2) is 24.4 Å². The lowest BCUT2D eigenvalue weighted by atomic mass is 10.1. The second-order valence-corrected chi connectivity index (χ2v) is 7.98. The number of halogens is 1. The predicted molar refractivity (Wildman–Crippen MR) is 114 cm³/mol. The lowest BCUT2D eigenvalue weighted by Gasteiger charge is -2.16. The molecule has 7 nitrogen and oxygen atoms in total. The molecule has 1 N–H and O–H groups in total. The van der Waals surface area contributed by atoms with Gasteiger partial charge < -0.3 is 14.6 Å². The molecule has 0 amide bonds. The maximum absolute atomic E-state index is 14.4. The fourth-order valence-corrected chi connectivity index (χ4v) is 3.86. The van der Waals surface area contributed by atoms with E-state index >= 15 is 0 Å². The summed E-state index contributed by atoms with van der Waals surface area (Å²) in [7, 11) is 0. The molecule has 0 aliphatic heterocycles. The van der Waals surface area contributed by atoms with Crippen molar-refractivity contribution in [3.05, 3.63) is 35.8 Å². The van der Waals surface area contributed by atoms with Gasteiger partial charge in [-0.25, -0.2) is 19.3 Å². The highest BCUT2D eigenvalue weighted by Gasteiger charge is 2.19. The summed E-state index contributed by atoms with van der Waals surface area (Å²) >= 11 is 1.32. The van der Waals surface area contributed by atoms with Gasteiger partial charge in [-0.05, 0) is 45.4 Å². The van der Waals surface area contributed by atoms with Crippen LogP contribution in [0.1, 0.15) is 26.3 Å². The third kappa shape index (κ3) is 3.90. The van der Waals surface area contributed by atoms with Crippen LogP contribution in [0, 0.1) is 12.7 Å². The maximum Gasteiger partial charge on any atom is 0.252 e. The molecule has 9 heteroatoms. The summed E-state index contributed by atoms with van der Waals surface area (Å²) in [5.41, 5.74) is 3.60.